The largest absolute Gasteiger partial charge is 0.481 e. The summed E-state index contributed by atoms with van der Waals surface area (Å²) < 4.78 is 24.5. The molecule has 3 unspecified atom stereocenters. The quantitative estimate of drug-likeness (QED) is 0.781. The predicted molar refractivity (Wildman–Crippen MR) is 55.5 cm³/mol. The molecule has 1 N–H and O–H groups in total. The van der Waals surface area contributed by atoms with E-state index in [1.54, 1.807) is 0 Å². The average molecular weight is 269 g/mol. The molecule has 0 aromatic rings. The van der Waals surface area contributed by atoms with Crippen LogP contribution in [-0.4, -0.2) is 15.4 Å². The molecule has 0 spiro atoms. The van der Waals surface area contributed by atoms with E-state index in [1.165, 1.54) is 6.08 Å². The van der Waals surface area contributed by atoms with Crippen LogP contribution in [0.15, 0.2) is 23.8 Å². The summed E-state index contributed by atoms with van der Waals surface area (Å²) in [5.74, 6) is -4.67. The number of alkyl halides is 2. The van der Waals surface area contributed by atoms with E-state index in [0.717, 1.165) is 6.08 Å². The van der Waals surface area contributed by atoms with Crippen molar-refractivity contribution in [3.63, 3.8) is 0 Å². The molecule has 16 heavy (non-hydrogen) atoms. The normalized spacial score (nSPS) is 36.4. The molecule has 0 radical (unpaired) electrons. The first kappa shape index (κ1) is 11.9. The van der Waals surface area contributed by atoms with Crippen LogP contribution >= 0.6 is 23.2 Å². The molecular formula is C10H8Cl2F2O2. The highest BCUT2D eigenvalue weighted by molar-refractivity contribution is 6.52. The maximum Gasteiger partial charge on any atom is 0.309 e. The summed E-state index contributed by atoms with van der Waals surface area (Å²) in [6.45, 7) is 0. The van der Waals surface area contributed by atoms with Gasteiger partial charge in [-0.05, 0) is 12.0 Å². The fraction of sp³-hybridized carbons (Fsp3) is 0.500. The van der Waals surface area contributed by atoms with Gasteiger partial charge in [-0.15, -0.1) is 23.2 Å². The number of carbonyl (C=O) groups is 1. The van der Waals surface area contributed by atoms with Crippen molar-refractivity contribution in [2.75, 3.05) is 0 Å². The van der Waals surface area contributed by atoms with Gasteiger partial charge in [-0.2, -0.15) is 0 Å². The zero-order valence-corrected chi connectivity index (χ0v) is 9.47. The molecule has 1 fully saturated rings. The molecule has 0 heterocycles. The Morgan fingerprint density at radius 2 is 2.12 bits per heavy atom. The molecule has 88 valence electrons. The molecular weight excluding hydrogens is 261 g/mol. The topological polar surface area (TPSA) is 37.3 Å². The summed E-state index contributed by atoms with van der Waals surface area (Å²) >= 11 is 11.6. The van der Waals surface area contributed by atoms with Crippen LogP contribution in [-0.2, 0) is 4.79 Å². The van der Waals surface area contributed by atoms with Crippen molar-refractivity contribution in [2.45, 2.75) is 10.8 Å². The lowest BCUT2D eigenvalue weighted by atomic mass is 9.93. The van der Waals surface area contributed by atoms with E-state index in [0.29, 0.717) is 0 Å². The van der Waals surface area contributed by atoms with E-state index >= 15 is 0 Å². The highest BCUT2D eigenvalue weighted by Crippen LogP contribution is 2.64. The van der Waals surface area contributed by atoms with Crippen molar-refractivity contribution >= 4 is 29.2 Å². The fourth-order valence-electron chi connectivity index (χ4n) is 2.18. The summed E-state index contributed by atoms with van der Waals surface area (Å²) in [5, 5.41) is 8.83. The number of halogens is 4. The summed E-state index contributed by atoms with van der Waals surface area (Å²) in [5.41, 5.74) is 0. The van der Waals surface area contributed by atoms with E-state index < -0.39 is 39.7 Å². The van der Waals surface area contributed by atoms with Crippen molar-refractivity contribution in [2.24, 2.45) is 17.8 Å². The molecule has 3 atom stereocenters. The molecule has 2 aliphatic rings. The van der Waals surface area contributed by atoms with Crippen LogP contribution in [0, 0.1) is 17.8 Å². The number of hydrogen-bond donors (Lipinski definition) is 1. The number of allylic oxidation sites excluding steroid dienone is 4. The van der Waals surface area contributed by atoms with Crippen LogP contribution in [0.5, 0.6) is 0 Å². The lowest BCUT2D eigenvalue weighted by molar-refractivity contribution is -0.139. The highest BCUT2D eigenvalue weighted by Gasteiger charge is 2.69. The van der Waals surface area contributed by atoms with Crippen molar-refractivity contribution in [3.05, 3.63) is 23.8 Å². The van der Waals surface area contributed by atoms with Gasteiger partial charge in [0, 0.05) is 18.4 Å². The number of hydrogen-bond acceptors (Lipinski definition) is 1. The molecule has 2 rings (SSSR count). The molecule has 1 saturated carbocycles. The third-order valence-electron chi connectivity index (χ3n) is 2.93. The Hall–Kier alpha value is -0.610. The minimum atomic E-state index is -1.43. The summed E-state index contributed by atoms with van der Waals surface area (Å²) in [6.07, 6.45) is 1.90. The number of carboxylic acid groups (broad SMARTS) is 1. The molecule has 2 nitrogen and oxygen atoms in total. The van der Waals surface area contributed by atoms with Crippen molar-refractivity contribution in [1.82, 2.24) is 0 Å². The fourth-order valence-corrected chi connectivity index (χ4v) is 3.09. The standard InChI is InChI=1S/C10H8Cl2F2O2/c11-10(12)7(8(10)9(15)16)4-1-5(13)3-6(14)2-4/h1,3-4,7-8H,2H2,(H,15,16). The smallest absolute Gasteiger partial charge is 0.309 e. The molecule has 0 bridgehead atoms. The Balaban J connectivity index is 2.18. The van der Waals surface area contributed by atoms with Gasteiger partial charge in [0.15, 0.2) is 0 Å². The van der Waals surface area contributed by atoms with Crippen LogP contribution < -0.4 is 0 Å². The molecule has 6 heteroatoms. The van der Waals surface area contributed by atoms with Crippen molar-refractivity contribution in [3.8, 4) is 0 Å². The zero-order valence-electron chi connectivity index (χ0n) is 7.96. The zero-order chi connectivity index (χ0) is 12.1. The SMILES string of the molecule is O=C(O)C1C(C2C=C(F)C=C(F)C2)C1(Cl)Cl. The summed E-state index contributed by atoms with van der Waals surface area (Å²) in [6, 6.07) is 0. The van der Waals surface area contributed by atoms with Crippen molar-refractivity contribution < 1.29 is 18.7 Å². The van der Waals surface area contributed by atoms with E-state index in [2.05, 4.69) is 0 Å². The van der Waals surface area contributed by atoms with Crippen LogP contribution in [0.1, 0.15) is 6.42 Å². The average Bonchev–Trinajstić information content (AvgIpc) is 2.67. The summed E-state index contributed by atoms with van der Waals surface area (Å²) in [4.78, 5) is 10.8. The van der Waals surface area contributed by atoms with Gasteiger partial charge < -0.3 is 5.11 Å². The third kappa shape index (κ3) is 1.84. The van der Waals surface area contributed by atoms with E-state index in [4.69, 9.17) is 28.3 Å². The first-order valence-electron chi connectivity index (χ1n) is 4.68. The van der Waals surface area contributed by atoms with Crippen LogP contribution in [0.2, 0.25) is 0 Å². The Labute approximate surface area is 101 Å². The Bertz CT molecular complexity index is 404. The Kier molecular flexibility index (Phi) is 2.75. The predicted octanol–water partition coefficient (Wildman–Crippen LogP) is 3.22. The first-order chi connectivity index (χ1) is 7.34. The van der Waals surface area contributed by atoms with E-state index in [1.807, 2.05) is 0 Å². The van der Waals surface area contributed by atoms with Gasteiger partial charge in [-0.25, -0.2) is 8.78 Å². The number of carboxylic acids is 1. The molecule has 0 aliphatic heterocycles. The number of rotatable bonds is 2. The van der Waals surface area contributed by atoms with Crippen LogP contribution in [0.3, 0.4) is 0 Å². The van der Waals surface area contributed by atoms with Gasteiger partial charge >= 0.3 is 5.97 Å². The van der Waals surface area contributed by atoms with Gasteiger partial charge in [-0.1, -0.05) is 0 Å². The van der Waals surface area contributed by atoms with Gasteiger partial charge in [0.1, 0.15) is 16.0 Å². The maximum absolute atomic E-state index is 13.0. The van der Waals surface area contributed by atoms with Crippen LogP contribution in [0.4, 0.5) is 8.78 Å². The molecule has 0 amide bonds. The maximum atomic E-state index is 13.0. The summed E-state index contributed by atoms with van der Waals surface area (Å²) in [7, 11) is 0. The lowest BCUT2D eigenvalue weighted by Crippen LogP contribution is -2.09. The van der Waals surface area contributed by atoms with E-state index in [-0.39, 0.29) is 6.42 Å². The van der Waals surface area contributed by atoms with Gasteiger partial charge in [0.05, 0.1) is 5.92 Å². The Morgan fingerprint density at radius 1 is 1.50 bits per heavy atom. The highest BCUT2D eigenvalue weighted by atomic mass is 35.5. The minimum absolute atomic E-state index is 0.0525. The second-order valence-corrected chi connectivity index (χ2v) is 5.47. The minimum Gasteiger partial charge on any atom is -0.481 e. The van der Waals surface area contributed by atoms with E-state index in [9.17, 15) is 13.6 Å². The van der Waals surface area contributed by atoms with Gasteiger partial charge in [-0.3, -0.25) is 4.79 Å². The first-order valence-corrected chi connectivity index (χ1v) is 5.43. The number of aliphatic carboxylic acids is 1. The Morgan fingerprint density at radius 3 is 2.56 bits per heavy atom. The molecule has 0 aromatic carbocycles. The third-order valence-corrected chi connectivity index (χ3v) is 3.91. The lowest BCUT2D eigenvalue weighted by Gasteiger charge is -2.15. The van der Waals surface area contributed by atoms with Gasteiger partial charge in [0.2, 0.25) is 0 Å². The monoisotopic (exact) mass is 268 g/mol. The van der Waals surface area contributed by atoms with Crippen molar-refractivity contribution in [1.29, 1.82) is 0 Å². The second-order valence-electron chi connectivity index (χ2n) is 4.03. The molecule has 0 aromatic heterocycles. The van der Waals surface area contributed by atoms with Crippen LogP contribution in [0.25, 0.3) is 0 Å². The molecule has 0 saturated heterocycles. The molecule has 2 aliphatic carbocycles. The second kappa shape index (κ2) is 3.70. The van der Waals surface area contributed by atoms with Gasteiger partial charge in [0.25, 0.3) is 0 Å².